The third-order valence-electron chi connectivity index (χ3n) is 2.88. The molecule has 0 aliphatic rings. The number of rotatable bonds is 14. The van der Waals surface area contributed by atoms with Crippen LogP contribution in [0.1, 0.15) is 52.9 Å². The molecule has 0 heterocycles. The Kier molecular flexibility index (Phi) is 16.6. The molecule has 5 nitrogen and oxygen atoms in total. The first-order valence-electron chi connectivity index (χ1n) is 8.52. The number of unbranched alkanes of at least 4 members (excludes halogenated alkanes) is 2. The van der Waals surface area contributed by atoms with Crippen molar-refractivity contribution in [2.75, 3.05) is 46.1 Å². The Hall–Kier alpha value is -0.810. The van der Waals surface area contributed by atoms with Gasteiger partial charge in [-0.15, -0.1) is 0 Å². The highest BCUT2D eigenvalue weighted by Crippen LogP contribution is 1.90. The van der Waals surface area contributed by atoms with Gasteiger partial charge < -0.3 is 20.1 Å². The van der Waals surface area contributed by atoms with E-state index in [4.69, 9.17) is 9.47 Å². The molecule has 0 aliphatic heterocycles. The Bertz CT molecular complexity index is 236. The zero-order chi connectivity index (χ0) is 15.6. The monoisotopic (exact) mass is 301 g/mol. The molecule has 0 aromatic heterocycles. The van der Waals surface area contributed by atoms with Gasteiger partial charge in [0.2, 0.25) is 0 Å². The molecule has 0 aliphatic carbocycles. The molecule has 0 saturated carbocycles. The molecule has 21 heavy (non-hydrogen) atoms. The van der Waals surface area contributed by atoms with Crippen molar-refractivity contribution in [1.29, 1.82) is 0 Å². The Morgan fingerprint density at radius 3 is 2.05 bits per heavy atom. The zero-order valence-corrected chi connectivity index (χ0v) is 14.2. The molecule has 126 valence electrons. The molecular formula is C16H35N3O2. The molecule has 0 atom stereocenters. The van der Waals surface area contributed by atoms with E-state index in [1.807, 2.05) is 0 Å². The van der Waals surface area contributed by atoms with Crippen LogP contribution in [-0.4, -0.2) is 52.0 Å². The van der Waals surface area contributed by atoms with Gasteiger partial charge in [0.15, 0.2) is 5.96 Å². The van der Waals surface area contributed by atoms with E-state index < -0.39 is 0 Å². The minimum atomic E-state index is 0.727. The Balaban J connectivity index is 3.61. The summed E-state index contributed by atoms with van der Waals surface area (Å²) in [6.45, 7) is 12.1. The van der Waals surface area contributed by atoms with Crippen LogP contribution in [0, 0.1) is 0 Å². The fraction of sp³-hybridized carbons (Fsp3) is 0.938. The van der Waals surface area contributed by atoms with Gasteiger partial charge in [0, 0.05) is 39.5 Å². The fourth-order valence-electron chi connectivity index (χ4n) is 1.64. The van der Waals surface area contributed by atoms with Crippen molar-refractivity contribution >= 4 is 5.96 Å². The molecule has 0 fully saturated rings. The van der Waals surface area contributed by atoms with Crippen LogP contribution in [-0.2, 0) is 9.47 Å². The molecule has 0 saturated heterocycles. The van der Waals surface area contributed by atoms with Gasteiger partial charge in [-0.1, -0.05) is 26.7 Å². The largest absolute Gasteiger partial charge is 0.381 e. The maximum absolute atomic E-state index is 5.52. The minimum absolute atomic E-state index is 0.727. The second kappa shape index (κ2) is 17.2. The number of nitrogens with zero attached hydrogens (tertiary/aromatic N) is 1. The van der Waals surface area contributed by atoms with Crippen LogP contribution in [0.5, 0.6) is 0 Å². The van der Waals surface area contributed by atoms with Gasteiger partial charge >= 0.3 is 0 Å². The molecule has 0 aromatic rings. The van der Waals surface area contributed by atoms with Crippen LogP contribution in [0.25, 0.3) is 0 Å². The van der Waals surface area contributed by atoms with Crippen molar-refractivity contribution in [3.63, 3.8) is 0 Å². The fourth-order valence-corrected chi connectivity index (χ4v) is 1.64. The first-order valence-corrected chi connectivity index (χ1v) is 8.52. The van der Waals surface area contributed by atoms with Crippen LogP contribution < -0.4 is 10.6 Å². The van der Waals surface area contributed by atoms with Gasteiger partial charge in [-0.3, -0.25) is 4.99 Å². The van der Waals surface area contributed by atoms with Gasteiger partial charge in [-0.25, -0.2) is 0 Å². The highest BCUT2D eigenvalue weighted by molar-refractivity contribution is 5.79. The Morgan fingerprint density at radius 1 is 0.810 bits per heavy atom. The molecule has 0 spiro atoms. The van der Waals surface area contributed by atoms with Crippen LogP contribution in [0.2, 0.25) is 0 Å². The lowest BCUT2D eigenvalue weighted by Gasteiger charge is -2.11. The van der Waals surface area contributed by atoms with Gasteiger partial charge in [0.05, 0.1) is 6.61 Å². The van der Waals surface area contributed by atoms with E-state index in [1.54, 1.807) is 0 Å². The first-order chi connectivity index (χ1) is 10.3. The molecule has 5 heteroatoms. The van der Waals surface area contributed by atoms with Crippen molar-refractivity contribution < 1.29 is 9.47 Å². The standard InChI is InChI=1S/C16H35N3O2/c1-4-7-12-20-14-9-10-18-16(17-6-3)19-11-15-21-13-8-5-2/h4-15H2,1-3H3,(H2,17,18,19). The normalized spacial score (nSPS) is 11.7. The van der Waals surface area contributed by atoms with E-state index in [1.165, 1.54) is 12.8 Å². The molecule has 0 rings (SSSR count). The van der Waals surface area contributed by atoms with Crippen molar-refractivity contribution in [2.45, 2.75) is 52.9 Å². The quantitative estimate of drug-likeness (QED) is 0.294. The third kappa shape index (κ3) is 15.4. The van der Waals surface area contributed by atoms with E-state index in [-0.39, 0.29) is 0 Å². The van der Waals surface area contributed by atoms with Crippen LogP contribution in [0.4, 0.5) is 0 Å². The first kappa shape index (κ1) is 20.2. The lowest BCUT2D eigenvalue weighted by atomic mass is 10.4. The highest BCUT2D eigenvalue weighted by Gasteiger charge is 1.96. The maximum Gasteiger partial charge on any atom is 0.191 e. The number of hydrogen-bond donors (Lipinski definition) is 2. The summed E-state index contributed by atoms with van der Waals surface area (Å²) >= 11 is 0. The van der Waals surface area contributed by atoms with E-state index in [0.29, 0.717) is 0 Å². The Labute approximate surface area is 130 Å². The molecule has 0 radical (unpaired) electrons. The Morgan fingerprint density at radius 2 is 1.43 bits per heavy atom. The van der Waals surface area contributed by atoms with Crippen LogP contribution in [0.15, 0.2) is 4.99 Å². The average Bonchev–Trinajstić information content (AvgIpc) is 2.49. The van der Waals surface area contributed by atoms with E-state index in [0.717, 1.165) is 71.3 Å². The molecule has 0 bridgehead atoms. The van der Waals surface area contributed by atoms with Crippen LogP contribution >= 0.6 is 0 Å². The van der Waals surface area contributed by atoms with Gasteiger partial charge in [-0.05, 0) is 26.2 Å². The van der Waals surface area contributed by atoms with E-state index in [9.17, 15) is 0 Å². The summed E-state index contributed by atoms with van der Waals surface area (Å²) in [5, 5.41) is 6.52. The second-order valence-corrected chi connectivity index (χ2v) is 4.97. The lowest BCUT2D eigenvalue weighted by molar-refractivity contribution is 0.130. The predicted molar refractivity (Wildman–Crippen MR) is 90.1 cm³/mol. The van der Waals surface area contributed by atoms with Crippen LogP contribution in [0.3, 0.4) is 0 Å². The van der Waals surface area contributed by atoms with Crippen molar-refractivity contribution in [3.8, 4) is 0 Å². The van der Waals surface area contributed by atoms with Gasteiger partial charge in [0.1, 0.15) is 0 Å². The van der Waals surface area contributed by atoms with Gasteiger partial charge in [0.25, 0.3) is 0 Å². The van der Waals surface area contributed by atoms with Crippen molar-refractivity contribution in [1.82, 2.24) is 10.6 Å². The molecule has 0 unspecified atom stereocenters. The molecule has 0 amide bonds. The van der Waals surface area contributed by atoms with E-state index >= 15 is 0 Å². The van der Waals surface area contributed by atoms with Crippen molar-refractivity contribution in [3.05, 3.63) is 0 Å². The summed E-state index contributed by atoms with van der Waals surface area (Å²) in [5.41, 5.74) is 0. The topological polar surface area (TPSA) is 54.9 Å². The third-order valence-corrected chi connectivity index (χ3v) is 2.88. The summed E-state index contributed by atoms with van der Waals surface area (Å²) in [4.78, 5) is 4.52. The summed E-state index contributed by atoms with van der Waals surface area (Å²) in [7, 11) is 0. The highest BCUT2D eigenvalue weighted by atomic mass is 16.5. The second-order valence-electron chi connectivity index (χ2n) is 4.97. The number of hydrogen-bond acceptors (Lipinski definition) is 3. The number of guanidine groups is 1. The number of aliphatic imine (C=N–C) groups is 1. The summed E-state index contributed by atoms with van der Waals surface area (Å²) < 4.78 is 11.0. The SMILES string of the molecule is CCCCOCCCN=C(NCC)NCCOCCCC. The minimum Gasteiger partial charge on any atom is -0.381 e. The smallest absolute Gasteiger partial charge is 0.191 e. The lowest BCUT2D eigenvalue weighted by Crippen LogP contribution is -2.39. The summed E-state index contributed by atoms with van der Waals surface area (Å²) in [6.07, 6.45) is 5.61. The van der Waals surface area contributed by atoms with E-state index in [2.05, 4.69) is 36.4 Å². The van der Waals surface area contributed by atoms with Crippen molar-refractivity contribution in [2.24, 2.45) is 4.99 Å². The number of ether oxygens (including phenoxy) is 2. The summed E-state index contributed by atoms with van der Waals surface area (Å²) in [5.74, 6) is 0.866. The predicted octanol–water partition coefficient (Wildman–Crippen LogP) is 2.57. The summed E-state index contributed by atoms with van der Waals surface area (Å²) in [6, 6.07) is 0. The van der Waals surface area contributed by atoms with Gasteiger partial charge in [-0.2, -0.15) is 0 Å². The maximum atomic E-state index is 5.52. The zero-order valence-electron chi connectivity index (χ0n) is 14.2. The number of nitrogens with one attached hydrogen (secondary N) is 2. The molecule has 0 aromatic carbocycles. The molecular weight excluding hydrogens is 266 g/mol. The molecule has 2 N–H and O–H groups in total. The average molecular weight is 301 g/mol.